The highest BCUT2D eigenvalue weighted by Crippen LogP contribution is 2.25. The first-order valence-corrected chi connectivity index (χ1v) is 9.90. The van der Waals surface area contributed by atoms with Crippen molar-refractivity contribution in [3.05, 3.63) is 89.0 Å². The van der Waals surface area contributed by atoms with Crippen molar-refractivity contribution in [1.29, 1.82) is 0 Å². The quantitative estimate of drug-likeness (QED) is 0.306. The van der Waals surface area contributed by atoms with Gasteiger partial charge in [-0.1, -0.05) is 45.0 Å². The molecule has 0 aliphatic rings. The summed E-state index contributed by atoms with van der Waals surface area (Å²) in [7, 11) is 0. The Morgan fingerprint density at radius 1 is 0.968 bits per heavy atom. The van der Waals surface area contributed by atoms with Crippen LogP contribution in [0.2, 0.25) is 0 Å². The smallest absolute Gasteiger partial charge is 0.271 e. The number of carbonyl (C=O) groups excluding carboxylic acids is 1. The Hall–Kier alpha value is -3.80. The van der Waals surface area contributed by atoms with E-state index in [1.54, 1.807) is 18.2 Å². The number of nitrogens with one attached hydrogen (secondary N) is 1. The molecule has 0 aromatic heterocycles. The summed E-state index contributed by atoms with van der Waals surface area (Å²) in [4.78, 5) is 12.2. The molecule has 3 rings (SSSR count). The van der Waals surface area contributed by atoms with Crippen LogP contribution in [0.3, 0.4) is 0 Å². The SMILES string of the molecule is CC(C)(C)c1ccc(OCc2ccc(C(=O)N/N=C/c3ccc(O)c(O)c3)cc2)cc1. The van der Waals surface area contributed by atoms with Gasteiger partial charge < -0.3 is 14.9 Å². The monoisotopic (exact) mass is 418 g/mol. The molecule has 0 unspecified atom stereocenters. The molecule has 0 saturated carbocycles. The molecule has 1 amide bonds. The van der Waals surface area contributed by atoms with E-state index in [4.69, 9.17) is 4.74 Å². The minimum atomic E-state index is -0.357. The van der Waals surface area contributed by atoms with E-state index >= 15 is 0 Å². The van der Waals surface area contributed by atoms with Crippen LogP contribution in [0.5, 0.6) is 17.2 Å². The molecule has 0 heterocycles. The van der Waals surface area contributed by atoms with E-state index in [1.807, 2.05) is 24.3 Å². The molecule has 0 aliphatic heterocycles. The van der Waals surface area contributed by atoms with Gasteiger partial charge in [-0.05, 0) is 64.6 Å². The van der Waals surface area contributed by atoms with E-state index in [0.29, 0.717) is 17.7 Å². The fraction of sp³-hybridized carbons (Fsp3) is 0.200. The molecule has 3 aromatic carbocycles. The molecule has 160 valence electrons. The molecule has 3 N–H and O–H groups in total. The van der Waals surface area contributed by atoms with Gasteiger partial charge in [0.1, 0.15) is 12.4 Å². The van der Waals surface area contributed by atoms with Gasteiger partial charge in [-0.2, -0.15) is 5.10 Å². The highest BCUT2D eigenvalue weighted by atomic mass is 16.5. The number of amides is 1. The molecular formula is C25H26N2O4. The molecule has 0 spiro atoms. The van der Waals surface area contributed by atoms with Crippen LogP contribution in [0.4, 0.5) is 0 Å². The summed E-state index contributed by atoms with van der Waals surface area (Å²) in [5.74, 6) is -0.0284. The lowest BCUT2D eigenvalue weighted by Gasteiger charge is -2.19. The maximum atomic E-state index is 12.2. The number of carbonyl (C=O) groups is 1. The second-order valence-electron chi connectivity index (χ2n) is 8.21. The summed E-state index contributed by atoms with van der Waals surface area (Å²) >= 11 is 0. The Balaban J connectivity index is 1.52. The largest absolute Gasteiger partial charge is 0.504 e. The fourth-order valence-electron chi connectivity index (χ4n) is 2.82. The molecule has 0 aliphatic carbocycles. The molecule has 0 atom stereocenters. The third-order valence-corrected chi connectivity index (χ3v) is 4.72. The average Bonchev–Trinajstić information content (AvgIpc) is 2.75. The van der Waals surface area contributed by atoms with Gasteiger partial charge in [0.05, 0.1) is 6.21 Å². The third kappa shape index (κ3) is 6.09. The lowest BCUT2D eigenvalue weighted by atomic mass is 9.87. The van der Waals surface area contributed by atoms with E-state index in [9.17, 15) is 15.0 Å². The Kier molecular flexibility index (Phi) is 6.60. The van der Waals surface area contributed by atoms with Gasteiger partial charge in [0.25, 0.3) is 5.91 Å². The van der Waals surface area contributed by atoms with Gasteiger partial charge in [0.2, 0.25) is 0 Å². The number of hydrogen-bond acceptors (Lipinski definition) is 5. The van der Waals surface area contributed by atoms with Crippen LogP contribution in [-0.4, -0.2) is 22.3 Å². The van der Waals surface area contributed by atoms with Crippen LogP contribution in [0.25, 0.3) is 0 Å². The number of nitrogens with zero attached hydrogens (tertiary/aromatic N) is 1. The second kappa shape index (κ2) is 9.34. The minimum Gasteiger partial charge on any atom is -0.504 e. The molecule has 6 heteroatoms. The van der Waals surface area contributed by atoms with Gasteiger partial charge in [0, 0.05) is 5.56 Å². The molecule has 6 nitrogen and oxygen atoms in total. The zero-order chi connectivity index (χ0) is 22.4. The van der Waals surface area contributed by atoms with Crippen molar-refractivity contribution in [2.45, 2.75) is 32.8 Å². The van der Waals surface area contributed by atoms with Crippen molar-refractivity contribution >= 4 is 12.1 Å². The lowest BCUT2D eigenvalue weighted by Crippen LogP contribution is -2.17. The molecule has 0 bridgehead atoms. The summed E-state index contributed by atoms with van der Waals surface area (Å²) in [6, 6.07) is 19.4. The lowest BCUT2D eigenvalue weighted by molar-refractivity contribution is 0.0955. The topological polar surface area (TPSA) is 91.2 Å². The maximum absolute atomic E-state index is 12.2. The van der Waals surface area contributed by atoms with E-state index in [-0.39, 0.29) is 22.8 Å². The van der Waals surface area contributed by atoms with Gasteiger partial charge in [0.15, 0.2) is 11.5 Å². The van der Waals surface area contributed by atoms with Crippen LogP contribution in [0, 0.1) is 0 Å². The Morgan fingerprint density at radius 2 is 1.65 bits per heavy atom. The normalized spacial score (nSPS) is 11.5. The summed E-state index contributed by atoms with van der Waals surface area (Å²) in [6.45, 7) is 6.91. The van der Waals surface area contributed by atoms with Gasteiger partial charge in [-0.15, -0.1) is 0 Å². The Bertz CT molecular complexity index is 1070. The summed E-state index contributed by atoms with van der Waals surface area (Å²) in [5.41, 5.74) is 5.73. The molecule has 31 heavy (non-hydrogen) atoms. The minimum absolute atomic E-state index is 0.102. The van der Waals surface area contributed by atoms with E-state index < -0.39 is 0 Å². The highest BCUT2D eigenvalue weighted by Gasteiger charge is 2.13. The number of phenolic OH excluding ortho intramolecular Hbond substituents is 2. The first kappa shape index (κ1) is 21.9. The van der Waals surface area contributed by atoms with Crippen LogP contribution in [0.15, 0.2) is 71.8 Å². The second-order valence-corrected chi connectivity index (χ2v) is 8.21. The third-order valence-electron chi connectivity index (χ3n) is 4.72. The molecule has 0 radical (unpaired) electrons. The van der Waals surface area contributed by atoms with Crippen LogP contribution < -0.4 is 10.2 Å². The number of hydrazone groups is 1. The molecule has 3 aromatic rings. The first-order chi connectivity index (χ1) is 14.7. The predicted molar refractivity (Wildman–Crippen MR) is 121 cm³/mol. The fourth-order valence-corrected chi connectivity index (χ4v) is 2.82. The number of phenols is 2. The van der Waals surface area contributed by atoms with Crippen molar-refractivity contribution in [2.24, 2.45) is 5.10 Å². The number of aromatic hydroxyl groups is 2. The number of benzene rings is 3. The van der Waals surface area contributed by atoms with Crippen molar-refractivity contribution in [1.82, 2.24) is 5.43 Å². The van der Waals surface area contributed by atoms with E-state index in [2.05, 4.69) is 43.4 Å². The van der Waals surface area contributed by atoms with E-state index in [0.717, 1.165) is 11.3 Å². The predicted octanol–water partition coefficient (Wildman–Crippen LogP) is 4.74. The number of hydrogen-bond donors (Lipinski definition) is 3. The summed E-state index contributed by atoms with van der Waals surface area (Å²) in [5, 5.41) is 22.6. The van der Waals surface area contributed by atoms with Gasteiger partial charge in [-0.3, -0.25) is 4.79 Å². The van der Waals surface area contributed by atoms with Crippen molar-refractivity contribution in [3.63, 3.8) is 0 Å². The van der Waals surface area contributed by atoms with Crippen molar-refractivity contribution in [2.75, 3.05) is 0 Å². The van der Waals surface area contributed by atoms with E-state index in [1.165, 1.54) is 23.9 Å². The van der Waals surface area contributed by atoms with Crippen molar-refractivity contribution in [3.8, 4) is 17.2 Å². The molecule has 0 saturated heterocycles. The van der Waals surface area contributed by atoms with Gasteiger partial charge >= 0.3 is 0 Å². The number of ether oxygens (including phenoxy) is 1. The number of rotatable bonds is 6. The molecular weight excluding hydrogens is 392 g/mol. The Morgan fingerprint density at radius 3 is 2.26 bits per heavy atom. The van der Waals surface area contributed by atoms with Gasteiger partial charge in [-0.25, -0.2) is 5.43 Å². The standard InChI is InChI=1S/C25H26N2O4/c1-25(2,3)20-9-11-21(12-10-20)31-16-17-4-7-19(8-5-17)24(30)27-26-15-18-6-13-22(28)23(29)14-18/h4-15,28-29H,16H2,1-3H3,(H,27,30)/b26-15+. The Labute approximate surface area is 181 Å². The first-order valence-electron chi connectivity index (χ1n) is 9.90. The molecule has 0 fully saturated rings. The van der Waals surface area contributed by atoms with Crippen LogP contribution >= 0.6 is 0 Å². The van der Waals surface area contributed by atoms with Crippen molar-refractivity contribution < 1.29 is 19.7 Å². The maximum Gasteiger partial charge on any atom is 0.271 e. The zero-order valence-corrected chi connectivity index (χ0v) is 17.8. The van der Waals surface area contributed by atoms with Crippen LogP contribution in [-0.2, 0) is 12.0 Å². The summed E-state index contributed by atoms with van der Waals surface area (Å²) < 4.78 is 5.83. The highest BCUT2D eigenvalue weighted by molar-refractivity contribution is 5.94. The average molecular weight is 418 g/mol. The summed E-state index contributed by atoms with van der Waals surface area (Å²) in [6.07, 6.45) is 1.38. The van der Waals surface area contributed by atoms with Crippen LogP contribution in [0.1, 0.15) is 47.8 Å². The zero-order valence-electron chi connectivity index (χ0n) is 17.8.